The number of carbonyl (C=O) groups is 3. The van der Waals surface area contributed by atoms with E-state index in [1.165, 1.54) is 13.8 Å². The molecular formula is C17H24N2O5. The molecule has 0 aromatic heterocycles. The number of hydrogen-bond donors (Lipinski definition) is 1. The van der Waals surface area contributed by atoms with E-state index < -0.39 is 0 Å². The fourth-order valence-electron chi connectivity index (χ4n) is 1.98. The molecule has 0 heterocycles. The molecule has 0 aliphatic carbocycles. The van der Waals surface area contributed by atoms with Crippen molar-refractivity contribution in [1.82, 2.24) is 4.90 Å². The van der Waals surface area contributed by atoms with Gasteiger partial charge in [0.05, 0.1) is 0 Å². The van der Waals surface area contributed by atoms with Crippen LogP contribution < -0.4 is 5.32 Å². The maximum atomic E-state index is 12.0. The summed E-state index contributed by atoms with van der Waals surface area (Å²) in [4.78, 5) is 35.5. The quantitative estimate of drug-likeness (QED) is 0.651. The Hall–Kier alpha value is -2.41. The van der Waals surface area contributed by atoms with Crippen molar-refractivity contribution >= 4 is 23.5 Å². The van der Waals surface area contributed by atoms with Gasteiger partial charge in [-0.25, -0.2) is 0 Å². The highest BCUT2D eigenvalue weighted by molar-refractivity contribution is 5.90. The summed E-state index contributed by atoms with van der Waals surface area (Å²) in [5.74, 6) is -0.806. The molecule has 1 N–H and O–H groups in total. The van der Waals surface area contributed by atoms with Gasteiger partial charge < -0.3 is 14.8 Å². The van der Waals surface area contributed by atoms with E-state index in [4.69, 9.17) is 9.47 Å². The van der Waals surface area contributed by atoms with E-state index in [1.807, 2.05) is 35.2 Å². The number of nitrogens with zero attached hydrogens (tertiary/aromatic N) is 1. The normalized spacial score (nSPS) is 10.3. The molecule has 24 heavy (non-hydrogen) atoms. The van der Waals surface area contributed by atoms with Crippen molar-refractivity contribution in [3.05, 3.63) is 30.3 Å². The van der Waals surface area contributed by atoms with Crippen molar-refractivity contribution in [2.75, 3.05) is 38.2 Å². The third kappa shape index (κ3) is 9.58. The van der Waals surface area contributed by atoms with E-state index in [0.29, 0.717) is 19.6 Å². The Bertz CT molecular complexity index is 513. The van der Waals surface area contributed by atoms with Crippen molar-refractivity contribution in [3.8, 4) is 0 Å². The lowest BCUT2D eigenvalue weighted by atomic mass is 10.3. The van der Waals surface area contributed by atoms with E-state index in [2.05, 4.69) is 5.32 Å². The van der Waals surface area contributed by atoms with Crippen LogP contribution in [0.15, 0.2) is 30.3 Å². The van der Waals surface area contributed by atoms with Gasteiger partial charge in [-0.2, -0.15) is 0 Å². The lowest BCUT2D eigenvalue weighted by Gasteiger charge is -2.21. The Kier molecular flexibility index (Phi) is 9.14. The predicted molar refractivity (Wildman–Crippen MR) is 89.4 cm³/mol. The zero-order chi connectivity index (χ0) is 17.8. The summed E-state index contributed by atoms with van der Waals surface area (Å²) >= 11 is 0. The molecule has 1 aromatic carbocycles. The first-order chi connectivity index (χ1) is 11.5. The zero-order valence-electron chi connectivity index (χ0n) is 14.1. The Balaban J connectivity index is 2.39. The standard InChI is InChI=1S/C17H24N2O5/c1-14(20)23-12-10-19(11-13-24-15(2)21)9-8-17(22)18-16-6-4-3-5-7-16/h3-7H,8-13H2,1-2H3,(H,18,22). The van der Waals surface area contributed by atoms with Crippen molar-refractivity contribution in [2.24, 2.45) is 0 Å². The summed E-state index contributed by atoms with van der Waals surface area (Å²) in [6.45, 7) is 4.57. The molecule has 132 valence electrons. The van der Waals surface area contributed by atoms with Crippen LogP contribution in [0.25, 0.3) is 0 Å². The molecule has 0 aliphatic heterocycles. The number of ether oxygens (including phenoxy) is 2. The number of hydrogen-bond acceptors (Lipinski definition) is 6. The van der Waals surface area contributed by atoms with Crippen LogP contribution in [0, 0.1) is 0 Å². The van der Waals surface area contributed by atoms with Gasteiger partial charge in [0.1, 0.15) is 13.2 Å². The summed E-state index contributed by atoms with van der Waals surface area (Å²) in [5.41, 5.74) is 0.744. The monoisotopic (exact) mass is 336 g/mol. The topological polar surface area (TPSA) is 84.9 Å². The minimum Gasteiger partial charge on any atom is -0.465 e. The number of esters is 2. The van der Waals surface area contributed by atoms with Gasteiger partial charge >= 0.3 is 11.9 Å². The highest BCUT2D eigenvalue weighted by Gasteiger charge is 2.10. The van der Waals surface area contributed by atoms with Gasteiger partial charge in [0, 0.05) is 45.6 Å². The zero-order valence-corrected chi connectivity index (χ0v) is 14.1. The summed E-state index contributed by atoms with van der Waals surface area (Å²) < 4.78 is 9.83. The van der Waals surface area contributed by atoms with Crippen LogP contribution >= 0.6 is 0 Å². The minimum absolute atomic E-state index is 0.105. The number of para-hydroxylation sites is 1. The Morgan fingerprint density at radius 3 is 1.96 bits per heavy atom. The highest BCUT2D eigenvalue weighted by atomic mass is 16.5. The van der Waals surface area contributed by atoms with E-state index in [0.717, 1.165) is 5.69 Å². The molecule has 1 aromatic rings. The smallest absolute Gasteiger partial charge is 0.302 e. The summed E-state index contributed by atoms with van der Waals surface area (Å²) in [6, 6.07) is 9.20. The lowest BCUT2D eigenvalue weighted by Crippen LogP contribution is -2.34. The van der Waals surface area contributed by atoms with Crippen LogP contribution in [0.2, 0.25) is 0 Å². The molecule has 0 atom stereocenters. The van der Waals surface area contributed by atoms with Gasteiger partial charge in [0.25, 0.3) is 0 Å². The first kappa shape index (κ1) is 19.6. The van der Waals surface area contributed by atoms with Gasteiger partial charge in [-0.15, -0.1) is 0 Å². The van der Waals surface area contributed by atoms with Crippen LogP contribution in [0.3, 0.4) is 0 Å². The molecule has 7 nitrogen and oxygen atoms in total. The predicted octanol–water partition coefficient (Wildman–Crippen LogP) is 1.44. The van der Waals surface area contributed by atoms with Crippen molar-refractivity contribution < 1.29 is 23.9 Å². The second kappa shape index (κ2) is 11.2. The summed E-state index contributed by atoms with van der Waals surface area (Å²) in [6.07, 6.45) is 0.287. The fraction of sp³-hybridized carbons (Fsp3) is 0.471. The van der Waals surface area contributed by atoms with Crippen LogP contribution in [-0.2, 0) is 23.9 Å². The number of benzene rings is 1. The molecule has 1 rings (SSSR count). The van der Waals surface area contributed by atoms with Gasteiger partial charge in [0.2, 0.25) is 5.91 Å². The average Bonchev–Trinajstić information content (AvgIpc) is 2.52. The van der Waals surface area contributed by atoms with Crippen LogP contribution in [0.5, 0.6) is 0 Å². The fourth-order valence-corrected chi connectivity index (χ4v) is 1.98. The molecule has 0 fully saturated rings. The summed E-state index contributed by atoms with van der Waals surface area (Å²) in [5, 5.41) is 2.81. The van der Waals surface area contributed by atoms with Crippen LogP contribution in [-0.4, -0.2) is 55.6 Å². The first-order valence-electron chi connectivity index (χ1n) is 7.81. The molecule has 0 spiro atoms. The molecule has 0 bridgehead atoms. The second-order valence-corrected chi connectivity index (χ2v) is 5.19. The second-order valence-electron chi connectivity index (χ2n) is 5.19. The van der Waals surface area contributed by atoms with E-state index >= 15 is 0 Å². The molecule has 0 saturated heterocycles. The van der Waals surface area contributed by atoms with E-state index in [-0.39, 0.29) is 37.5 Å². The maximum absolute atomic E-state index is 12.0. The molecule has 0 radical (unpaired) electrons. The number of anilines is 1. The third-order valence-corrected chi connectivity index (χ3v) is 3.14. The van der Waals surface area contributed by atoms with Gasteiger partial charge in [-0.1, -0.05) is 18.2 Å². The van der Waals surface area contributed by atoms with Gasteiger partial charge in [-0.3, -0.25) is 19.3 Å². The highest BCUT2D eigenvalue weighted by Crippen LogP contribution is 2.05. The Morgan fingerprint density at radius 2 is 1.46 bits per heavy atom. The van der Waals surface area contributed by atoms with Crippen molar-refractivity contribution in [3.63, 3.8) is 0 Å². The average molecular weight is 336 g/mol. The molecule has 7 heteroatoms. The molecule has 0 unspecified atom stereocenters. The van der Waals surface area contributed by atoms with Crippen molar-refractivity contribution in [2.45, 2.75) is 20.3 Å². The maximum Gasteiger partial charge on any atom is 0.302 e. The van der Waals surface area contributed by atoms with Crippen molar-refractivity contribution in [1.29, 1.82) is 0 Å². The van der Waals surface area contributed by atoms with Gasteiger partial charge in [0.15, 0.2) is 0 Å². The molecule has 1 amide bonds. The molecule has 0 saturated carbocycles. The number of carbonyl (C=O) groups excluding carboxylic acids is 3. The number of nitrogens with one attached hydrogen (secondary N) is 1. The number of amides is 1. The SMILES string of the molecule is CC(=O)OCCN(CCOC(C)=O)CCC(=O)Nc1ccccc1. The minimum atomic E-state index is -0.350. The molecule has 0 aliphatic rings. The van der Waals surface area contributed by atoms with Crippen LogP contribution in [0.1, 0.15) is 20.3 Å². The largest absolute Gasteiger partial charge is 0.465 e. The Morgan fingerprint density at radius 1 is 0.917 bits per heavy atom. The third-order valence-electron chi connectivity index (χ3n) is 3.14. The summed E-state index contributed by atoms with van der Waals surface area (Å²) in [7, 11) is 0. The van der Waals surface area contributed by atoms with E-state index in [9.17, 15) is 14.4 Å². The first-order valence-corrected chi connectivity index (χ1v) is 7.81. The van der Waals surface area contributed by atoms with Gasteiger partial charge in [-0.05, 0) is 12.1 Å². The number of rotatable bonds is 10. The molecular weight excluding hydrogens is 312 g/mol. The van der Waals surface area contributed by atoms with E-state index in [1.54, 1.807) is 0 Å². The lowest BCUT2D eigenvalue weighted by molar-refractivity contribution is -0.141. The Labute approximate surface area is 141 Å². The van der Waals surface area contributed by atoms with Crippen LogP contribution in [0.4, 0.5) is 5.69 Å².